The number of hydrogen-bond donors (Lipinski definition) is 1. The van der Waals surface area contributed by atoms with Crippen molar-refractivity contribution in [2.75, 3.05) is 18.1 Å². The summed E-state index contributed by atoms with van der Waals surface area (Å²) in [7, 11) is -3.02. The zero-order valence-electron chi connectivity index (χ0n) is 10.8. The van der Waals surface area contributed by atoms with E-state index in [2.05, 4.69) is 0 Å². The van der Waals surface area contributed by atoms with E-state index in [-0.39, 0.29) is 30.0 Å². The molecule has 1 aromatic rings. The summed E-state index contributed by atoms with van der Waals surface area (Å²) >= 11 is 0. The summed E-state index contributed by atoms with van der Waals surface area (Å²) in [6.07, 6.45) is 0. The minimum Gasteiger partial charge on any atom is -0.336 e. The number of benzene rings is 1. The molecule has 1 saturated heterocycles. The van der Waals surface area contributed by atoms with E-state index in [1.807, 2.05) is 18.2 Å². The number of amides is 1. The van der Waals surface area contributed by atoms with Gasteiger partial charge in [0.2, 0.25) is 5.91 Å². The topological polar surface area (TPSA) is 80.5 Å². The Kier molecular flexibility index (Phi) is 3.91. The molecule has 0 aliphatic carbocycles. The van der Waals surface area contributed by atoms with Crippen LogP contribution in [0.4, 0.5) is 0 Å². The van der Waals surface area contributed by atoms with Gasteiger partial charge in [0.25, 0.3) is 0 Å². The Morgan fingerprint density at radius 2 is 2.00 bits per heavy atom. The number of sulfone groups is 1. The molecule has 0 radical (unpaired) electrons. The lowest BCUT2D eigenvalue weighted by Gasteiger charge is -2.34. The van der Waals surface area contributed by atoms with E-state index in [4.69, 9.17) is 5.73 Å². The average Bonchev–Trinajstić information content (AvgIpc) is 2.37. The predicted octanol–water partition coefficient (Wildman–Crippen LogP) is 0.332. The highest BCUT2D eigenvalue weighted by Crippen LogP contribution is 2.18. The molecule has 1 fully saturated rings. The van der Waals surface area contributed by atoms with Crippen molar-refractivity contribution in [3.8, 4) is 0 Å². The third-order valence-corrected chi connectivity index (χ3v) is 5.17. The number of rotatable bonds is 2. The van der Waals surface area contributed by atoms with Gasteiger partial charge in [-0.05, 0) is 12.5 Å². The van der Waals surface area contributed by atoms with Crippen molar-refractivity contribution < 1.29 is 13.2 Å². The van der Waals surface area contributed by atoms with Gasteiger partial charge in [-0.2, -0.15) is 0 Å². The Bertz CT molecular complexity index is 557. The van der Waals surface area contributed by atoms with Gasteiger partial charge >= 0.3 is 0 Å². The van der Waals surface area contributed by atoms with Crippen LogP contribution in [-0.4, -0.2) is 43.3 Å². The standard InChI is InChI=1S/C13H18N2O3S/c1-10-9-19(17,18)8-7-15(10)13(16)12(14)11-5-3-2-4-6-11/h2-6,10,12H,7-9,14H2,1H3. The van der Waals surface area contributed by atoms with Crippen LogP contribution < -0.4 is 5.73 Å². The first-order valence-corrected chi connectivity index (χ1v) is 8.04. The number of nitrogens with two attached hydrogens (primary N) is 1. The first kappa shape index (κ1) is 14.0. The maximum atomic E-state index is 12.3. The molecule has 0 aromatic heterocycles. The van der Waals surface area contributed by atoms with Crippen molar-refractivity contribution in [3.05, 3.63) is 35.9 Å². The molecule has 19 heavy (non-hydrogen) atoms. The van der Waals surface area contributed by atoms with Crippen LogP contribution in [0.5, 0.6) is 0 Å². The van der Waals surface area contributed by atoms with Gasteiger partial charge in [-0.15, -0.1) is 0 Å². The zero-order chi connectivity index (χ0) is 14.0. The fourth-order valence-electron chi connectivity index (χ4n) is 2.31. The van der Waals surface area contributed by atoms with Gasteiger partial charge in [0.15, 0.2) is 9.84 Å². The molecule has 0 bridgehead atoms. The molecule has 1 aliphatic heterocycles. The maximum Gasteiger partial charge on any atom is 0.244 e. The van der Waals surface area contributed by atoms with Gasteiger partial charge in [-0.3, -0.25) is 4.79 Å². The molecule has 2 atom stereocenters. The maximum absolute atomic E-state index is 12.3. The average molecular weight is 282 g/mol. The minimum absolute atomic E-state index is 0.0141. The lowest BCUT2D eigenvalue weighted by molar-refractivity contribution is -0.134. The Morgan fingerprint density at radius 3 is 2.58 bits per heavy atom. The molecule has 0 saturated carbocycles. The molecule has 0 spiro atoms. The highest BCUT2D eigenvalue weighted by atomic mass is 32.2. The highest BCUT2D eigenvalue weighted by molar-refractivity contribution is 7.91. The number of carbonyl (C=O) groups is 1. The Balaban J connectivity index is 2.12. The van der Waals surface area contributed by atoms with Crippen molar-refractivity contribution in [3.63, 3.8) is 0 Å². The van der Waals surface area contributed by atoms with Gasteiger partial charge < -0.3 is 10.6 Å². The molecule has 2 N–H and O–H groups in total. The molecule has 2 unspecified atom stereocenters. The minimum atomic E-state index is -3.02. The molecule has 6 heteroatoms. The van der Waals surface area contributed by atoms with Crippen LogP contribution >= 0.6 is 0 Å². The number of hydrogen-bond acceptors (Lipinski definition) is 4. The SMILES string of the molecule is CC1CS(=O)(=O)CCN1C(=O)C(N)c1ccccc1. The van der Waals surface area contributed by atoms with Crippen molar-refractivity contribution >= 4 is 15.7 Å². The van der Waals surface area contributed by atoms with Gasteiger partial charge in [0, 0.05) is 12.6 Å². The molecule has 104 valence electrons. The second-order valence-corrected chi connectivity index (χ2v) is 7.11. The van der Waals surface area contributed by atoms with E-state index in [0.29, 0.717) is 0 Å². The Hall–Kier alpha value is -1.40. The van der Waals surface area contributed by atoms with E-state index >= 15 is 0 Å². The summed E-state index contributed by atoms with van der Waals surface area (Å²) < 4.78 is 23.0. The summed E-state index contributed by atoms with van der Waals surface area (Å²) in [5.74, 6) is -0.182. The van der Waals surface area contributed by atoms with E-state index in [9.17, 15) is 13.2 Å². The normalized spacial score (nSPS) is 23.9. The highest BCUT2D eigenvalue weighted by Gasteiger charge is 2.33. The summed E-state index contributed by atoms with van der Waals surface area (Å²) in [5, 5.41) is 0. The van der Waals surface area contributed by atoms with Crippen LogP contribution in [0, 0.1) is 0 Å². The molecular weight excluding hydrogens is 264 g/mol. The van der Waals surface area contributed by atoms with E-state index < -0.39 is 15.9 Å². The number of carbonyl (C=O) groups excluding carboxylic acids is 1. The molecule has 1 aliphatic rings. The van der Waals surface area contributed by atoms with Crippen molar-refractivity contribution in [1.82, 2.24) is 4.90 Å². The van der Waals surface area contributed by atoms with Gasteiger partial charge in [0.05, 0.1) is 11.5 Å². The van der Waals surface area contributed by atoms with E-state index in [0.717, 1.165) is 5.56 Å². The summed E-state index contributed by atoms with van der Waals surface area (Å²) in [4.78, 5) is 13.9. The van der Waals surface area contributed by atoms with E-state index in [1.165, 1.54) is 0 Å². The quantitative estimate of drug-likeness (QED) is 0.847. The second-order valence-electron chi connectivity index (χ2n) is 4.88. The molecular formula is C13H18N2O3S. The fourth-order valence-corrected chi connectivity index (χ4v) is 3.86. The fraction of sp³-hybridized carbons (Fsp3) is 0.462. The predicted molar refractivity (Wildman–Crippen MR) is 73.2 cm³/mol. The van der Waals surface area contributed by atoms with E-state index in [1.54, 1.807) is 24.0 Å². The summed E-state index contributed by atoms with van der Waals surface area (Å²) in [6, 6.07) is 8.06. The van der Waals surface area contributed by atoms with Crippen molar-refractivity contribution in [1.29, 1.82) is 0 Å². The Morgan fingerprint density at radius 1 is 1.37 bits per heavy atom. The first-order chi connectivity index (χ1) is 8.91. The number of nitrogens with zero attached hydrogens (tertiary/aromatic N) is 1. The monoisotopic (exact) mass is 282 g/mol. The third kappa shape index (κ3) is 3.13. The van der Waals surface area contributed by atoms with Gasteiger partial charge in [-0.1, -0.05) is 30.3 Å². The first-order valence-electron chi connectivity index (χ1n) is 6.22. The van der Waals surface area contributed by atoms with Gasteiger partial charge in [-0.25, -0.2) is 8.42 Å². The molecule has 5 nitrogen and oxygen atoms in total. The smallest absolute Gasteiger partial charge is 0.244 e. The van der Waals surface area contributed by atoms with Crippen molar-refractivity contribution in [2.45, 2.75) is 19.0 Å². The zero-order valence-corrected chi connectivity index (χ0v) is 11.6. The van der Waals surface area contributed by atoms with Gasteiger partial charge in [0.1, 0.15) is 6.04 Å². The molecule has 1 amide bonds. The largest absolute Gasteiger partial charge is 0.336 e. The van der Waals surface area contributed by atoms with Crippen molar-refractivity contribution in [2.24, 2.45) is 5.73 Å². The summed E-state index contributed by atoms with van der Waals surface area (Å²) in [5.41, 5.74) is 6.70. The van der Waals surface area contributed by atoms with Crippen LogP contribution in [0.25, 0.3) is 0 Å². The lowest BCUT2D eigenvalue weighted by Crippen LogP contribution is -2.52. The van der Waals surface area contributed by atoms with Crippen LogP contribution in [0.15, 0.2) is 30.3 Å². The molecule has 1 aromatic carbocycles. The van der Waals surface area contributed by atoms with Crippen LogP contribution in [0.3, 0.4) is 0 Å². The third-order valence-electron chi connectivity index (χ3n) is 3.38. The van der Waals surface area contributed by atoms with Crippen LogP contribution in [-0.2, 0) is 14.6 Å². The Labute approximate surface area is 113 Å². The second kappa shape index (κ2) is 5.30. The van der Waals surface area contributed by atoms with Crippen LogP contribution in [0.2, 0.25) is 0 Å². The molecule has 2 rings (SSSR count). The summed E-state index contributed by atoms with van der Waals surface area (Å²) in [6.45, 7) is 1.97. The lowest BCUT2D eigenvalue weighted by atomic mass is 10.1. The van der Waals surface area contributed by atoms with Crippen LogP contribution in [0.1, 0.15) is 18.5 Å². The molecule has 1 heterocycles.